The van der Waals surface area contributed by atoms with Crippen molar-refractivity contribution < 1.29 is 0 Å². The molecule has 78 valence electrons. The molecule has 0 N–H and O–H groups in total. The maximum Gasteiger partial charge on any atom is -0.0144 e. The van der Waals surface area contributed by atoms with Gasteiger partial charge in [0.15, 0.2) is 0 Å². The molecular formula is C15H18. The zero-order valence-corrected chi connectivity index (χ0v) is 9.85. The van der Waals surface area contributed by atoms with Crippen LogP contribution in [0.15, 0.2) is 0 Å². The smallest absolute Gasteiger partial charge is 0.0144 e. The normalized spacial score (nSPS) is 34.2. The first-order valence-corrected chi connectivity index (χ1v) is 6.38. The van der Waals surface area contributed by atoms with Crippen LogP contribution in [0.2, 0.25) is 0 Å². The van der Waals surface area contributed by atoms with E-state index in [4.69, 9.17) is 0 Å². The van der Waals surface area contributed by atoms with Gasteiger partial charge in [0.25, 0.3) is 0 Å². The first-order valence-electron chi connectivity index (χ1n) is 6.38. The molecule has 0 amide bonds. The van der Waals surface area contributed by atoms with Gasteiger partial charge in [-0.3, -0.25) is 0 Å². The van der Waals surface area contributed by atoms with Gasteiger partial charge in [0.2, 0.25) is 0 Å². The molecule has 1 aromatic carbocycles. The van der Waals surface area contributed by atoms with Crippen LogP contribution in [0.25, 0.3) is 0 Å². The number of rotatable bonds is 0. The third kappa shape index (κ3) is 0.746. The second-order valence-electron chi connectivity index (χ2n) is 5.99. The van der Waals surface area contributed by atoms with Crippen molar-refractivity contribution in [1.29, 1.82) is 0 Å². The maximum atomic E-state index is 2.40. The predicted octanol–water partition coefficient (Wildman–Crippen LogP) is 3.67. The van der Waals surface area contributed by atoms with Crippen molar-refractivity contribution in [3.63, 3.8) is 0 Å². The van der Waals surface area contributed by atoms with Gasteiger partial charge in [-0.25, -0.2) is 0 Å². The lowest BCUT2D eigenvalue weighted by molar-refractivity contribution is 0.527. The number of fused-ring (bicyclic) bond motifs is 6. The van der Waals surface area contributed by atoms with Crippen LogP contribution in [0.3, 0.4) is 0 Å². The van der Waals surface area contributed by atoms with E-state index in [1.54, 1.807) is 33.4 Å². The molecule has 1 aromatic rings. The quantitative estimate of drug-likeness (QED) is 0.596. The van der Waals surface area contributed by atoms with E-state index in [1.165, 1.54) is 19.3 Å². The van der Waals surface area contributed by atoms with Crippen LogP contribution in [0.1, 0.15) is 71.9 Å². The van der Waals surface area contributed by atoms with Crippen LogP contribution < -0.4 is 0 Å². The molecule has 3 aliphatic rings. The average Bonchev–Trinajstić information content (AvgIpc) is 2.14. The van der Waals surface area contributed by atoms with Crippen LogP contribution in [0.5, 0.6) is 0 Å². The summed E-state index contributed by atoms with van der Waals surface area (Å²) in [6, 6.07) is 0. The van der Waals surface area contributed by atoms with Gasteiger partial charge >= 0.3 is 0 Å². The van der Waals surface area contributed by atoms with Gasteiger partial charge in [-0.1, -0.05) is 20.8 Å². The largest absolute Gasteiger partial charge is 0.0581 e. The lowest BCUT2D eigenvalue weighted by atomic mass is 9.57. The Labute approximate surface area is 91.7 Å². The molecule has 0 aromatic heterocycles. The van der Waals surface area contributed by atoms with Gasteiger partial charge in [0, 0.05) is 0 Å². The minimum absolute atomic E-state index is 0.861. The van der Waals surface area contributed by atoms with Crippen molar-refractivity contribution in [2.24, 2.45) is 0 Å². The Hall–Kier alpha value is -0.780. The minimum atomic E-state index is 0.861. The molecule has 0 heteroatoms. The molecule has 0 nitrogen and oxygen atoms in total. The molecule has 3 atom stereocenters. The lowest BCUT2D eigenvalue weighted by Crippen LogP contribution is -2.35. The molecular weight excluding hydrogens is 180 g/mol. The van der Waals surface area contributed by atoms with E-state index in [1.807, 2.05) is 0 Å². The molecule has 0 radical (unpaired) electrons. The Bertz CT molecular complexity index is 389. The first kappa shape index (κ1) is 8.38. The summed E-state index contributed by atoms with van der Waals surface area (Å²) in [6.07, 6.45) is 4.09. The maximum absolute atomic E-state index is 2.40. The van der Waals surface area contributed by atoms with E-state index in [9.17, 15) is 0 Å². The molecule has 0 spiro atoms. The van der Waals surface area contributed by atoms with Crippen molar-refractivity contribution in [3.8, 4) is 0 Å². The molecule has 0 saturated heterocycles. The molecule has 4 rings (SSSR count). The molecule has 0 saturated carbocycles. The fraction of sp³-hybridized carbons (Fsp3) is 0.600. The van der Waals surface area contributed by atoms with Crippen molar-refractivity contribution >= 4 is 0 Å². The monoisotopic (exact) mass is 198 g/mol. The SMILES string of the molecule is CC1Cc2c1c1c(c3c2C(C)C3)C(C)C1. The zero-order valence-electron chi connectivity index (χ0n) is 9.85. The van der Waals surface area contributed by atoms with Crippen molar-refractivity contribution in [2.75, 3.05) is 0 Å². The van der Waals surface area contributed by atoms with Crippen molar-refractivity contribution in [2.45, 2.75) is 57.8 Å². The highest BCUT2D eigenvalue weighted by atomic mass is 14.5. The van der Waals surface area contributed by atoms with E-state index in [0.29, 0.717) is 0 Å². The van der Waals surface area contributed by atoms with Gasteiger partial charge in [-0.15, -0.1) is 0 Å². The molecule has 15 heavy (non-hydrogen) atoms. The van der Waals surface area contributed by atoms with E-state index < -0.39 is 0 Å². The van der Waals surface area contributed by atoms with Gasteiger partial charge < -0.3 is 0 Å². The molecule has 0 bridgehead atoms. The number of hydrogen-bond acceptors (Lipinski definition) is 0. The van der Waals surface area contributed by atoms with Crippen LogP contribution in [0.4, 0.5) is 0 Å². The first-order chi connectivity index (χ1) is 7.18. The van der Waals surface area contributed by atoms with Gasteiger partial charge in [-0.2, -0.15) is 0 Å². The topological polar surface area (TPSA) is 0 Å². The lowest BCUT2D eigenvalue weighted by Gasteiger charge is -2.48. The summed E-state index contributed by atoms with van der Waals surface area (Å²) in [5.41, 5.74) is 10.6. The summed E-state index contributed by atoms with van der Waals surface area (Å²) in [5, 5.41) is 0. The molecule has 0 heterocycles. The highest BCUT2D eigenvalue weighted by Crippen LogP contribution is 2.56. The summed E-state index contributed by atoms with van der Waals surface area (Å²) >= 11 is 0. The third-order valence-corrected chi connectivity index (χ3v) is 4.96. The standard InChI is InChI=1S/C15H18/c1-7-4-10-13(7)11-5-8(2)15(11)12-6-9(3)14(10)12/h7-9H,4-6H2,1-3H3. The highest BCUT2D eigenvalue weighted by Gasteiger charge is 2.43. The Morgan fingerprint density at radius 2 is 0.867 bits per heavy atom. The number of benzene rings is 1. The fourth-order valence-electron chi connectivity index (χ4n) is 4.26. The highest BCUT2D eigenvalue weighted by molar-refractivity contribution is 5.66. The Balaban J connectivity index is 2.04. The minimum Gasteiger partial charge on any atom is -0.0581 e. The van der Waals surface area contributed by atoms with Crippen LogP contribution in [0, 0.1) is 0 Å². The third-order valence-electron chi connectivity index (χ3n) is 4.96. The molecule has 0 fully saturated rings. The van der Waals surface area contributed by atoms with Gasteiger partial charge in [0.05, 0.1) is 0 Å². The van der Waals surface area contributed by atoms with Crippen molar-refractivity contribution in [3.05, 3.63) is 33.4 Å². The summed E-state index contributed by atoms with van der Waals surface area (Å²) in [4.78, 5) is 0. The zero-order chi connectivity index (χ0) is 10.3. The molecule has 3 aliphatic carbocycles. The summed E-state index contributed by atoms with van der Waals surface area (Å²) in [5.74, 6) is 2.58. The van der Waals surface area contributed by atoms with Crippen LogP contribution in [-0.4, -0.2) is 0 Å². The number of hydrogen-bond donors (Lipinski definition) is 0. The summed E-state index contributed by atoms with van der Waals surface area (Å²) < 4.78 is 0. The average molecular weight is 198 g/mol. The van der Waals surface area contributed by atoms with E-state index in [2.05, 4.69) is 20.8 Å². The van der Waals surface area contributed by atoms with E-state index >= 15 is 0 Å². The van der Waals surface area contributed by atoms with Crippen molar-refractivity contribution in [1.82, 2.24) is 0 Å². The fourth-order valence-corrected chi connectivity index (χ4v) is 4.26. The van der Waals surface area contributed by atoms with E-state index in [-0.39, 0.29) is 0 Å². The molecule has 0 aliphatic heterocycles. The second kappa shape index (κ2) is 2.31. The Morgan fingerprint density at radius 1 is 0.600 bits per heavy atom. The van der Waals surface area contributed by atoms with Gasteiger partial charge in [0.1, 0.15) is 0 Å². The predicted molar refractivity (Wildman–Crippen MR) is 62.8 cm³/mol. The summed E-state index contributed by atoms with van der Waals surface area (Å²) in [6.45, 7) is 7.21. The second-order valence-corrected chi connectivity index (χ2v) is 5.99. The Kier molecular flexibility index (Phi) is 1.29. The summed E-state index contributed by atoms with van der Waals surface area (Å²) in [7, 11) is 0. The van der Waals surface area contributed by atoms with Crippen LogP contribution in [-0.2, 0) is 19.3 Å². The Morgan fingerprint density at radius 3 is 1.07 bits per heavy atom. The van der Waals surface area contributed by atoms with E-state index in [0.717, 1.165) is 17.8 Å². The molecule has 3 unspecified atom stereocenters. The van der Waals surface area contributed by atoms with Crippen LogP contribution >= 0.6 is 0 Å². The van der Waals surface area contributed by atoms with Gasteiger partial charge in [-0.05, 0) is 70.4 Å².